The maximum absolute atomic E-state index is 15.1. The van der Waals surface area contributed by atoms with Crippen molar-refractivity contribution in [3.63, 3.8) is 0 Å². The summed E-state index contributed by atoms with van der Waals surface area (Å²) in [5.41, 5.74) is 0.00961. The Balaban J connectivity index is 1.39. The molecule has 2 saturated carbocycles. The summed E-state index contributed by atoms with van der Waals surface area (Å²) in [7, 11) is 1.34. The first-order valence-corrected chi connectivity index (χ1v) is 13.8. The second kappa shape index (κ2) is 11.8. The number of rotatable bonds is 13. The first kappa shape index (κ1) is 29.7. The molecule has 228 valence electrons. The van der Waals surface area contributed by atoms with Gasteiger partial charge in [0.2, 0.25) is 5.91 Å². The van der Waals surface area contributed by atoms with Gasteiger partial charge in [0.15, 0.2) is 0 Å². The van der Waals surface area contributed by atoms with E-state index in [2.05, 4.69) is 31.1 Å². The van der Waals surface area contributed by atoms with Crippen LogP contribution >= 0.6 is 0 Å². The summed E-state index contributed by atoms with van der Waals surface area (Å²) in [5.74, 6) is -1.70. The molecule has 2 amide bonds. The number of carbonyl (C=O) groups is 2. The first-order chi connectivity index (χ1) is 20.0. The molecule has 5 rings (SSSR count). The molecular formula is C26H33F4N9O3. The number of methoxy groups -OCH3 is 1. The molecule has 2 fully saturated rings. The van der Waals surface area contributed by atoms with Crippen LogP contribution in [0.2, 0.25) is 0 Å². The average molecular weight is 596 g/mol. The molecule has 0 aliphatic heterocycles. The minimum absolute atomic E-state index is 0.0102. The van der Waals surface area contributed by atoms with Crippen LogP contribution in [0, 0.1) is 23.7 Å². The standard InChI is InChI=1S/C26H33F4N9O3/c1-14(2)39-18(8-9-32-39)24(40)34-22(21(15-4-5-15)16-6-7-16)25(41)33-17-11-37(35-23(17)27)20(12-42-3)19-10-31-36-38(19)13-26(28,29)30/h8-11,14-16,20-22H,4-7,12-13H2,1-3H3,(H,33,41)(H,34,40)/t20?,22-/m0/s1. The van der Waals surface area contributed by atoms with Crippen LogP contribution in [0.4, 0.5) is 23.2 Å². The first-order valence-electron chi connectivity index (χ1n) is 13.8. The second-order valence-electron chi connectivity index (χ2n) is 11.2. The molecule has 3 aromatic rings. The van der Waals surface area contributed by atoms with E-state index in [1.165, 1.54) is 19.5 Å². The van der Waals surface area contributed by atoms with Gasteiger partial charge in [0.25, 0.3) is 11.9 Å². The van der Waals surface area contributed by atoms with Crippen LogP contribution in [0.3, 0.4) is 0 Å². The molecule has 3 aromatic heterocycles. The molecule has 16 heteroatoms. The maximum atomic E-state index is 15.1. The fourth-order valence-electron chi connectivity index (χ4n) is 5.44. The number of aromatic nitrogens is 7. The van der Waals surface area contributed by atoms with E-state index in [4.69, 9.17) is 4.74 Å². The predicted octanol–water partition coefficient (Wildman–Crippen LogP) is 3.36. The second-order valence-corrected chi connectivity index (χ2v) is 11.2. The summed E-state index contributed by atoms with van der Waals surface area (Å²) in [5, 5.41) is 20.5. The van der Waals surface area contributed by atoms with E-state index in [-0.39, 0.29) is 41.8 Å². The summed E-state index contributed by atoms with van der Waals surface area (Å²) < 4.78 is 62.8. The number of nitrogens with zero attached hydrogens (tertiary/aromatic N) is 7. The Hall–Kier alpha value is -3.82. The monoisotopic (exact) mass is 595 g/mol. The van der Waals surface area contributed by atoms with Crippen molar-refractivity contribution in [1.29, 1.82) is 0 Å². The van der Waals surface area contributed by atoms with Gasteiger partial charge in [-0.3, -0.25) is 19.0 Å². The van der Waals surface area contributed by atoms with Gasteiger partial charge in [-0.15, -0.1) is 10.2 Å². The molecule has 0 bridgehead atoms. The number of hydrogen-bond donors (Lipinski definition) is 2. The van der Waals surface area contributed by atoms with Gasteiger partial charge in [0.1, 0.15) is 30.0 Å². The predicted molar refractivity (Wildman–Crippen MR) is 140 cm³/mol. The molecule has 2 aliphatic rings. The largest absolute Gasteiger partial charge is 0.408 e. The van der Waals surface area contributed by atoms with E-state index in [1.54, 1.807) is 10.7 Å². The lowest BCUT2D eigenvalue weighted by atomic mass is 9.88. The van der Waals surface area contributed by atoms with Crippen LogP contribution in [0.1, 0.15) is 67.8 Å². The minimum atomic E-state index is -4.57. The highest BCUT2D eigenvalue weighted by Crippen LogP contribution is 2.51. The van der Waals surface area contributed by atoms with Gasteiger partial charge in [0.05, 0.1) is 24.7 Å². The summed E-state index contributed by atoms with van der Waals surface area (Å²) in [6.45, 7) is 2.19. The summed E-state index contributed by atoms with van der Waals surface area (Å²) in [6, 6.07) is -0.475. The van der Waals surface area contributed by atoms with Gasteiger partial charge in [-0.1, -0.05) is 5.21 Å². The van der Waals surface area contributed by atoms with Crippen molar-refractivity contribution < 1.29 is 31.9 Å². The van der Waals surface area contributed by atoms with Crippen LogP contribution in [-0.2, 0) is 16.1 Å². The number of alkyl halides is 3. The quantitative estimate of drug-likeness (QED) is 0.290. The number of carbonyl (C=O) groups excluding carboxylic acids is 2. The number of nitrogens with one attached hydrogen (secondary N) is 2. The lowest BCUT2D eigenvalue weighted by Gasteiger charge is -2.27. The molecule has 42 heavy (non-hydrogen) atoms. The number of anilines is 1. The Morgan fingerprint density at radius 3 is 2.45 bits per heavy atom. The van der Waals surface area contributed by atoms with E-state index in [1.807, 2.05) is 13.8 Å². The van der Waals surface area contributed by atoms with Crippen molar-refractivity contribution in [3.8, 4) is 0 Å². The van der Waals surface area contributed by atoms with Gasteiger partial charge in [-0.25, -0.2) is 4.68 Å². The number of ether oxygens (including phenoxy) is 1. The average Bonchev–Trinajstić information content (AvgIpc) is 3.80. The van der Waals surface area contributed by atoms with Crippen LogP contribution < -0.4 is 10.6 Å². The Morgan fingerprint density at radius 1 is 1.17 bits per heavy atom. The third kappa shape index (κ3) is 6.63. The molecule has 3 heterocycles. The fraction of sp³-hybridized carbons (Fsp3) is 0.615. The van der Waals surface area contributed by atoms with E-state index < -0.39 is 42.6 Å². The van der Waals surface area contributed by atoms with Gasteiger partial charge >= 0.3 is 6.18 Å². The molecule has 2 aliphatic carbocycles. The minimum Gasteiger partial charge on any atom is -0.382 e. The van der Waals surface area contributed by atoms with Crippen molar-refractivity contribution in [1.82, 2.24) is 39.9 Å². The smallest absolute Gasteiger partial charge is 0.382 e. The van der Waals surface area contributed by atoms with Gasteiger partial charge < -0.3 is 15.4 Å². The van der Waals surface area contributed by atoms with Crippen molar-refractivity contribution in [2.24, 2.45) is 17.8 Å². The molecule has 0 saturated heterocycles. The van der Waals surface area contributed by atoms with E-state index >= 15 is 4.39 Å². The van der Waals surface area contributed by atoms with Gasteiger partial charge in [-0.05, 0) is 63.4 Å². The number of hydrogen-bond acceptors (Lipinski definition) is 7. The zero-order valence-electron chi connectivity index (χ0n) is 23.4. The Bertz CT molecular complexity index is 1400. The molecular weight excluding hydrogens is 562 g/mol. The van der Waals surface area contributed by atoms with Crippen molar-refractivity contribution in [2.75, 3.05) is 19.0 Å². The molecule has 0 radical (unpaired) electrons. The van der Waals surface area contributed by atoms with Crippen molar-refractivity contribution >= 4 is 17.5 Å². The highest BCUT2D eigenvalue weighted by molar-refractivity contribution is 6.00. The van der Waals surface area contributed by atoms with Crippen molar-refractivity contribution in [3.05, 3.63) is 42.0 Å². The van der Waals surface area contributed by atoms with Gasteiger partial charge in [-0.2, -0.15) is 22.7 Å². The molecule has 2 N–H and O–H groups in total. The summed E-state index contributed by atoms with van der Waals surface area (Å²) in [4.78, 5) is 27.0. The van der Waals surface area contributed by atoms with Crippen LogP contribution in [0.25, 0.3) is 0 Å². The zero-order valence-corrected chi connectivity index (χ0v) is 23.4. The SMILES string of the molecule is COCC(c1cnnn1CC(F)(F)F)n1cc(NC(=O)[C@@H](NC(=O)c2ccnn2C(C)C)C(C2CC2)C2CC2)c(F)n1. The molecule has 12 nitrogen and oxygen atoms in total. The van der Waals surface area contributed by atoms with Crippen molar-refractivity contribution in [2.45, 2.75) is 70.4 Å². The Morgan fingerprint density at radius 2 is 1.86 bits per heavy atom. The summed E-state index contributed by atoms with van der Waals surface area (Å²) in [6.07, 6.45) is 3.00. The molecule has 1 unspecified atom stereocenters. The summed E-state index contributed by atoms with van der Waals surface area (Å²) >= 11 is 0. The number of halogens is 4. The Labute approximate surface area is 238 Å². The third-order valence-corrected chi connectivity index (χ3v) is 7.59. The van der Waals surface area contributed by atoms with E-state index in [0.29, 0.717) is 10.4 Å². The highest BCUT2D eigenvalue weighted by Gasteiger charge is 2.48. The maximum Gasteiger partial charge on any atom is 0.408 e. The molecule has 0 aromatic carbocycles. The normalized spacial score (nSPS) is 17.1. The van der Waals surface area contributed by atoms with Crippen LogP contribution in [0.5, 0.6) is 0 Å². The molecule has 0 spiro atoms. The van der Waals surface area contributed by atoms with Crippen LogP contribution in [-0.4, -0.2) is 72.3 Å². The highest BCUT2D eigenvalue weighted by atomic mass is 19.4. The number of amides is 2. The topological polar surface area (TPSA) is 134 Å². The third-order valence-electron chi connectivity index (χ3n) is 7.59. The lowest BCUT2D eigenvalue weighted by molar-refractivity contribution is -0.143. The zero-order chi connectivity index (χ0) is 30.2. The fourth-order valence-corrected chi connectivity index (χ4v) is 5.44. The lowest BCUT2D eigenvalue weighted by Crippen LogP contribution is -2.50. The van der Waals surface area contributed by atoms with E-state index in [0.717, 1.165) is 36.6 Å². The van der Waals surface area contributed by atoms with E-state index in [9.17, 15) is 22.8 Å². The molecule has 2 atom stereocenters. The Kier molecular flexibility index (Phi) is 8.35. The van der Waals surface area contributed by atoms with Gasteiger partial charge in [0, 0.05) is 19.3 Å². The van der Waals surface area contributed by atoms with Crippen LogP contribution in [0.15, 0.2) is 24.7 Å².